The van der Waals surface area contributed by atoms with Gasteiger partial charge in [0.15, 0.2) is 5.69 Å². The van der Waals surface area contributed by atoms with E-state index in [0.29, 0.717) is 17.3 Å². The van der Waals surface area contributed by atoms with Gasteiger partial charge in [0.25, 0.3) is 5.91 Å². The summed E-state index contributed by atoms with van der Waals surface area (Å²) in [5.74, 6) is 0.589. The Morgan fingerprint density at radius 3 is 2.41 bits per heavy atom. The molecule has 1 saturated carbocycles. The summed E-state index contributed by atoms with van der Waals surface area (Å²) in [6.07, 6.45) is 2.18. The zero-order valence-electron chi connectivity index (χ0n) is 11.8. The van der Waals surface area contributed by atoms with E-state index in [1.54, 1.807) is 30.3 Å². The molecule has 0 bridgehead atoms. The molecule has 1 heterocycles. The minimum Gasteiger partial charge on any atom is -0.360 e. The first kappa shape index (κ1) is 14.3. The van der Waals surface area contributed by atoms with Crippen LogP contribution in [0.4, 0.5) is 11.4 Å². The number of carbonyl (C=O) groups is 2. The van der Waals surface area contributed by atoms with Gasteiger partial charge >= 0.3 is 0 Å². The fraction of sp³-hybridized carbons (Fsp3) is 0.267. The average molecular weight is 300 g/mol. The average Bonchev–Trinajstić information content (AvgIpc) is 3.26. The van der Waals surface area contributed by atoms with Gasteiger partial charge in [0.2, 0.25) is 5.91 Å². The Morgan fingerprint density at radius 1 is 1.18 bits per heavy atom. The van der Waals surface area contributed by atoms with Gasteiger partial charge in [-0.15, -0.1) is 0 Å². The molecule has 2 aromatic rings. The van der Waals surface area contributed by atoms with Crippen molar-refractivity contribution in [3.63, 3.8) is 0 Å². The fourth-order valence-electron chi connectivity index (χ4n) is 2.00. The number of carbonyl (C=O) groups excluding carboxylic acids is 2. The van der Waals surface area contributed by atoms with Crippen LogP contribution in [0, 0.1) is 0 Å². The molecule has 1 aromatic heterocycles. The molecule has 1 fully saturated rings. The van der Waals surface area contributed by atoms with Crippen molar-refractivity contribution in [1.29, 1.82) is 0 Å². The maximum Gasteiger partial charge on any atom is 0.277 e. The summed E-state index contributed by atoms with van der Waals surface area (Å²) < 4.78 is 5.15. The van der Waals surface area contributed by atoms with Gasteiger partial charge in [-0.2, -0.15) is 0 Å². The van der Waals surface area contributed by atoms with Crippen molar-refractivity contribution in [3.05, 3.63) is 41.8 Å². The number of nitrogens with two attached hydrogens (primary N) is 1. The van der Waals surface area contributed by atoms with Crippen LogP contribution in [0.2, 0.25) is 0 Å². The maximum absolute atomic E-state index is 12.1. The molecule has 1 aromatic carbocycles. The molecule has 1 aliphatic rings. The van der Waals surface area contributed by atoms with Crippen LogP contribution < -0.4 is 16.4 Å². The molecule has 2 amide bonds. The van der Waals surface area contributed by atoms with E-state index in [9.17, 15) is 9.59 Å². The second-order valence-electron chi connectivity index (χ2n) is 5.17. The Bertz CT molecular complexity index is 689. The zero-order valence-corrected chi connectivity index (χ0v) is 11.8. The van der Waals surface area contributed by atoms with Gasteiger partial charge in [0.1, 0.15) is 5.76 Å². The highest BCUT2D eigenvalue weighted by Crippen LogP contribution is 2.40. The van der Waals surface area contributed by atoms with Crippen molar-refractivity contribution in [3.8, 4) is 0 Å². The van der Waals surface area contributed by atoms with Crippen LogP contribution in [0.5, 0.6) is 0 Å². The highest BCUT2D eigenvalue weighted by molar-refractivity contribution is 6.03. The van der Waals surface area contributed by atoms with Gasteiger partial charge in [0, 0.05) is 23.4 Å². The first-order valence-corrected chi connectivity index (χ1v) is 7.03. The highest BCUT2D eigenvalue weighted by Gasteiger charge is 2.28. The molecule has 0 radical (unpaired) electrons. The molecule has 3 rings (SSSR count). The number of hydrogen-bond acceptors (Lipinski definition) is 5. The summed E-state index contributed by atoms with van der Waals surface area (Å²) in [7, 11) is 0. The molecule has 7 nitrogen and oxygen atoms in total. The number of rotatable bonds is 5. The van der Waals surface area contributed by atoms with E-state index in [2.05, 4.69) is 15.8 Å². The molecule has 0 atom stereocenters. The lowest BCUT2D eigenvalue weighted by Gasteiger charge is -2.06. The third kappa shape index (κ3) is 3.32. The molecule has 0 saturated heterocycles. The van der Waals surface area contributed by atoms with Gasteiger partial charge in [-0.1, -0.05) is 5.16 Å². The van der Waals surface area contributed by atoms with Gasteiger partial charge in [-0.05, 0) is 37.1 Å². The van der Waals surface area contributed by atoms with E-state index in [1.807, 2.05) is 0 Å². The van der Waals surface area contributed by atoms with E-state index >= 15 is 0 Å². The number of nitrogens with zero attached hydrogens (tertiary/aromatic N) is 1. The summed E-state index contributed by atoms with van der Waals surface area (Å²) in [5.41, 5.74) is 6.71. The van der Waals surface area contributed by atoms with Crippen LogP contribution in [-0.2, 0) is 4.79 Å². The van der Waals surface area contributed by atoms with Crippen molar-refractivity contribution in [2.24, 2.45) is 5.73 Å². The zero-order chi connectivity index (χ0) is 15.5. The first-order chi connectivity index (χ1) is 10.7. The second-order valence-corrected chi connectivity index (χ2v) is 5.17. The molecule has 1 aliphatic carbocycles. The van der Waals surface area contributed by atoms with E-state index in [0.717, 1.165) is 18.6 Å². The molecular weight excluding hydrogens is 284 g/mol. The number of benzene rings is 1. The number of hydrogen-bond donors (Lipinski definition) is 3. The quantitative estimate of drug-likeness (QED) is 0.778. The third-order valence-electron chi connectivity index (χ3n) is 3.35. The highest BCUT2D eigenvalue weighted by atomic mass is 16.5. The van der Waals surface area contributed by atoms with E-state index < -0.39 is 0 Å². The van der Waals surface area contributed by atoms with E-state index in [1.165, 1.54) is 0 Å². The maximum atomic E-state index is 12.1. The fourth-order valence-corrected chi connectivity index (χ4v) is 2.00. The molecule has 0 aliphatic heterocycles. The third-order valence-corrected chi connectivity index (χ3v) is 3.35. The smallest absolute Gasteiger partial charge is 0.277 e. The van der Waals surface area contributed by atoms with Gasteiger partial charge in [0.05, 0.1) is 6.54 Å². The summed E-state index contributed by atoms with van der Waals surface area (Å²) in [4.78, 5) is 23.2. The monoisotopic (exact) mass is 300 g/mol. The van der Waals surface area contributed by atoms with Crippen molar-refractivity contribution in [2.75, 3.05) is 17.2 Å². The van der Waals surface area contributed by atoms with Gasteiger partial charge in [-0.3, -0.25) is 9.59 Å². The van der Waals surface area contributed by atoms with E-state index in [-0.39, 0.29) is 24.1 Å². The van der Waals surface area contributed by atoms with Gasteiger partial charge < -0.3 is 20.9 Å². The second kappa shape index (κ2) is 5.98. The molecular formula is C15H16N4O3. The number of aromatic nitrogens is 1. The van der Waals surface area contributed by atoms with E-state index in [4.69, 9.17) is 10.3 Å². The Morgan fingerprint density at radius 2 is 1.82 bits per heavy atom. The van der Waals surface area contributed by atoms with Crippen LogP contribution in [0.1, 0.15) is 35.0 Å². The van der Waals surface area contributed by atoms with Crippen LogP contribution >= 0.6 is 0 Å². The molecule has 114 valence electrons. The Balaban J connectivity index is 1.61. The number of anilines is 2. The lowest BCUT2D eigenvalue weighted by atomic mass is 10.2. The Hall–Kier alpha value is -2.67. The van der Waals surface area contributed by atoms with Crippen LogP contribution in [0.15, 0.2) is 34.9 Å². The Kier molecular flexibility index (Phi) is 3.88. The minimum absolute atomic E-state index is 0.0754. The SMILES string of the molecule is NCC(=O)Nc1ccc(NC(=O)c2cc(C3CC3)on2)cc1. The predicted octanol–water partition coefficient (Wildman–Crippen LogP) is 1.70. The molecule has 0 spiro atoms. The number of nitrogens with one attached hydrogen (secondary N) is 2. The summed E-state index contributed by atoms with van der Waals surface area (Å²) in [6.45, 7) is -0.0754. The summed E-state index contributed by atoms with van der Waals surface area (Å²) in [5, 5.41) is 9.13. The van der Waals surface area contributed by atoms with Crippen LogP contribution in [-0.4, -0.2) is 23.5 Å². The van der Waals surface area contributed by atoms with Gasteiger partial charge in [-0.25, -0.2) is 0 Å². The molecule has 7 heteroatoms. The minimum atomic E-state index is -0.325. The largest absolute Gasteiger partial charge is 0.360 e. The predicted molar refractivity (Wildman–Crippen MR) is 80.6 cm³/mol. The van der Waals surface area contributed by atoms with Crippen molar-refractivity contribution in [1.82, 2.24) is 5.16 Å². The lowest BCUT2D eigenvalue weighted by Crippen LogP contribution is -2.21. The summed E-state index contributed by atoms with van der Waals surface area (Å²) >= 11 is 0. The normalized spacial score (nSPS) is 13.7. The molecule has 0 unspecified atom stereocenters. The van der Waals surface area contributed by atoms with Crippen LogP contribution in [0.3, 0.4) is 0 Å². The first-order valence-electron chi connectivity index (χ1n) is 7.03. The lowest BCUT2D eigenvalue weighted by molar-refractivity contribution is -0.114. The van der Waals surface area contributed by atoms with Crippen molar-refractivity contribution in [2.45, 2.75) is 18.8 Å². The number of amides is 2. The van der Waals surface area contributed by atoms with Crippen molar-refractivity contribution >= 4 is 23.2 Å². The summed E-state index contributed by atoms with van der Waals surface area (Å²) in [6, 6.07) is 8.42. The molecule has 4 N–H and O–H groups in total. The Labute approximate surface area is 126 Å². The standard InChI is InChI=1S/C15H16N4O3/c16-8-14(20)17-10-3-5-11(6-4-10)18-15(21)12-7-13(22-19-12)9-1-2-9/h3-7,9H,1-2,8,16H2,(H,17,20)(H,18,21). The van der Waals surface area contributed by atoms with Crippen LogP contribution in [0.25, 0.3) is 0 Å². The van der Waals surface area contributed by atoms with Crippen molar-refractivity contribution < 1.29 is 14.1 Å². The topological polar surface area (TPSA) is 110 Å². The molecule has 22 heavy (non-hydrogen) atoms.